The van der Waals surface area contributed by atoms with E-state index in [1.807, 2.05) is 36.5 Å². The summed E-state index contributed by atoms with van der Waals surface area (Å²) in [6, 6.07) is 15.7. The van der Waals surface area contributed by atoms with Gasteiger partial charge in [0.1, 0.15) is 0 Å². The fourth-order valence-corrected chi connectivity index (χ4v) is 4.02. The van der Waals surface area contributed by atoms with Crippen molar-refractivity contribution < 1.29 is 0 Å². The van der Waals surface area contributed by atoms with Gasteiger partial charge in [-0.15, -0.1) is 11.3 Å². The summed E-state index contributed by atoms with van der Waals surface area (Å²) >= 11 is 13.9. The molecule has 22 heavy (non-hydrogen) atoms. The summed E-state index contributed by atoms with van der Waals surface area (Å²) in [6.45, 7) is 0. The second kappa shape index (κ2) is 5.43. The van der Waals surface area contributed by atoms with E-state index in [0.717, 1.165) is 21.6 Å². The first-order valence-corrected chi connectivity index (χ1v) is 8.28. The molecule has 0 aliphatic carbocycles. The van der Waals surface area contributed by atoms with Crippen LogP contribution in [0.2, 0.25) is 10.0 Å². The van der Waals surface area contributed by atoms with Crippen LogP contribution in [0.4, 0.5) is 11.4 Å². The quantitative estimate of drug-likeness (QED) is 0.448. The molecule has 0 saturated heterocycles. The number of rotatable bonds is 2. The van der Waals surface area contributed by atoms with Crippen LogP contribution in [0.25, 0.3) is 20.3 Å². The van der Waals surface area contributed by atoms with Crippen LogP contribution in [0.5, 0.6) is 0 Å². The average molecular weight is 345 g/mol. The van der Waals surface area contributed by atoms with Gasteiger partial charge >= 0.3 is 0 Å². The van der Waals surface area contributed by atoms with Crippen LogP contribution >= 0.6 is 34.5 Å². The third-order valence-corrected chi connectivity index (χ3v) is 5.20. The molecule has 5 heteroatoms. The number of hydrogen-bond donors (Lipinski definition) is 1. The van der Waals surface area contributed by atoms with Crippen LogP contribution in [0.1, 0.15) is 0 Å². The number of anilines is 2. The van der Waals surface area contributed by atoms with Gasteiger partial charge in [0, 0.05) is 21.3 Å². The lowest BCUT2D eigenvalue weighted by molar-refractivity contribution is 1.43. The molecule has 0 bridgehead atoms. The first-order valence-electron chi connectivity index (χ1n) is 6.71. The van der Waals surface area contributed by atoms with E-state index in [0.29, 0.717) is 10.0 Å². The van der Waals surface area contributed by atoms with E-state index < -0.39 is 0 Å². The van der Waals surface area contributed by atoms with Gasteiger partial charge in [-0.25, -0.2) is 0 Å². The van der Waals surface area contributed by atoms with Crippen LogP contribution in [0, 0.1) is 0 Å². The number of aromatic nitrogens is 1. The summed E-state index contributed by atoms with van der Waals surface area (Å²) in [7, 11) is 0. The number of hydrogen-bond acceptors (Lipinski definition) is 3. The first-order chi connectivity index (χ1) is 10.7. The minimum Gasteiger partial charge on any atom is -0.353 e. The first kappa shape index (κ1) is 13.8. The van der Waals surface area contributed by atoms with Gasteiger partial charge in [0.2, 0.25) is 0 Å². The predicted molar refractivity (Wildman–Crippen MR) is 96.9 cm³/mol. The summed E-state index contributed by atoms with van der Waals surface area (Å²) in [5.41, 5.74) is 2.84. The Morgan fingerprint density at radius 3 is 2.68 bits per heavy atom. The van der Waals surface area contributed by atoms with Crippen LogP contribution in [0.3, 0.4) is 0 Å². The SMILES string of the molecule is Clc1ccc(Nc2ccnc3c2sc2ccccc23)c(Cl)c1. The Kier molecular flexibility index (Phi) is 3.41. The minimum absolute atomic E-state index is 0.596. The molecule has 4 aromatic rings. The number of nitrogens with one attached hydrogen (secondary N) is 1. The largest absolute Gasteiger partial charge is 0.353 e. The molecule has 0 radical (unpaired) electrons. The second-order valence-electron chi connectivity index (χ2n) is 4.88. The van der Waals surface area contributed by atoms with Gasteiger partial charge in [0.25, 0.3) is 0 Å². The molecule has 2 heterocycles. The molecule has 0 atom stereocenters. The molecule has 0 unspecified atom stereocenters. The van der Waals surface area contributed by atoms with Crippen molar-refractivity contribution in [3.05, 3.63) is 64.8 Å². The number of fused-ring (bicyclic) bond motifs is 3. The van der Waals surface area contributed by atoms with Crippen molar-refractivity contribution in [1.82, 2.24) is 4.98 Å². The van der Waals surface area contributed by atoms with E-state index in [9.17, 15) is 0 Å². The zero-order valence-corrected chi connectivity index (χ0v) is 13.6. The zero-order valence-electron chi connectivity index (χ0n) is 11.3. The lowest BCUT2D eigenvalue weighted by Gasteiger charge is -2.09. The normalized spacial score (nSPS) is 11.2. The predicted octanol–water partition coefficient (Wildman–Crippen LogP) is 6.50. The van der Waals surface area contributed by atoms with Crippen LogP contribution < -0.4 is 5.32 Å². The maximum atomic E-state index is 6.25. The monoisotopic (exact) mass is 344 g/mol. The molecular weight excluding hydrogens is 335 g/mol. The summed E-state index contributed by atoms with van der Waals surface area (Å²) in [5.74, 6) is 0. The minimum atomic E-state index is 0.596. The lowest BCUT2D eigenvalue weighted by Crippen LogP contribution is -1.91. The number of thiophene rings is 1. The zero-order chi connectivity index (χ0) is 15.1. The van der Waals surface area contributed by atoms with Gasteiger partial charge < -0.3 is 5.32 Å². The molecule has 2 aromatic carbocycles. The van der Waals surface area contributed by atoms with Gasteiger partial charge in [-0.3, -0.25) is 4.98 Å². The van der Waals surface area contributed by atoms with Crippen LogP contribution in [-0.4, -0.2) is 4.98 Å². The Balaban J connectivity index is 1.88. The van der Waals surface area contributed by atoms with Crippen LogP contribution in [-0.2, 0) is 0 Å². The molecule has 0 spiro atoms. The highest BCUT2D eigenvalue weighted by atomic mass is 35.5. The number of halogens is 2. The van der Waals surface area contributed by atoms with E-state index in [4.69, 9.17) is 23.2 Å². The smallest absolute Gasteiger partial charge is 0.0909 e. The van der Waals surface area contributed by atoms with Crippen LogP contribution in [0.15, 0.2) is 54.7 Å². The van der Waals surface area contributed by atoms with Crippen molar-refractivity contribution in [2.75, 3.05) is 5.32 Å². The maximum Gasteiger partial charge on any atom is 0.0909 e. The van der Waals surface area contributed by atoms with E-state index in [2.05, 4.69) is 22.4 Å². The van der Waals surface area contributed by atoms with Gasteiger partial charge in [0.05, 0.1) is 26.6 Å². The van der Waals surface area contributed by atoms with Crippen molar-refractivity contribution >= 4 is 66.2 Å². The Bertz CT molecular complexity index is 994. The number of pyridine rings is 1. The number of benzene rings is 2. The molecule has 0 amide bonds. The Hall–Kier alpha value is -1.81. The lowest BCUT2D eigenvalue weighted by atomic mass is 10.2. The fourth-order valence-electron chi connectivity index (χ4n) is 2.44. The van der Waals surface area contributed by atoms with Crippen molar-refractivity contribution in [2.24, 2.45) is 0 Å². The maximum absolute atomic E-state index is 6.25. The molecule has 1 N–H and O–H groups in total. The summed E-state index contributed by atoms with van der Waals surface area (Å²) in [4.78, 5) is 4.52. The number of nitrogens with zero attached hydrogens (tertiary/aromatic N) is 1. The molecule has 0 saturated carbocycles. The fraction of sp³-hybridized carbons (Fsp3) is 0. The van der Waals surface area contributed by atoms with Crippen molar-refractivity contribution in [2.45, 2.75) is 0 Å². The second-order valence-corrected chi connectivity index (χ2v) is 6.78. The molecule has 2 nitrogen and oxygen atoms in total. The summed E-state index contributed by atoms with van der Waals surface area (Å²) < 4.78 is 2.34. The van der Waals surface area contributed by atoms with E-state index in [1.54, 1.807) is 17.4 Å². The molecule has 0 aliphatic heterocycles. The topological polar surface area (TPSA) is 24.9 Å². The molecular formula is C17H10Cl2N2S. The molecule has 2 aromatic heterocycles. The molecule has 0 aliphatic rings. The summed E-state index contributed by atoms with van der Waals surface area (Å²) in [6.07, 6.45) is 1.81. The average Bonchev–Trinajstić information content (AvgIpc) is 2.90. The third-order valence-electron chi connectivity index (χ3n) is 3.46. The van der Waals surface area contributed by atoms with Gasteiger partial charge in [-0.2, -0.15) is 0 Å². The van der Waals surface area contributed by atoms with E-state index in [1.165, 1.54) is 10.1 Å². The van der Waals surface area contributed by atoms with Gasteiger partial charge in [-0.1, -0.05) is 41.4 Å². The molecule has 108 valence electrons. The Labute approximate surface area is 141 Å². The van der Waals surface area contributed by atoms with Gasteiger partial charge in [0.15, 0.2) is 0 Å². The molecule has 4 rings (SSSR count). The Morgan fingerprint density at radius 1 is 0.955 bits per heavy atom. The van der Waals surface area contributed by atoms with Crippen molar-refractivity contribution in [1.29, 1.82) is 0 Å². The van der Waals surface area contributed by atoms with Crippen molar-refractivity contribution in [3.8, 4) is 0 Å². The van der Waals surface area contributed by atoms with E-state index in [-0.39, 0.29) is 0 Å². The highest BCUT2D eigenvalue weighted by Gasteiger charge is 2.10. The summed E-state index contributed by atoms with van der Waals surface area (Å²) in [5, 5.41) is 5.78. The Morgan fingerprint density at radius 2 is 1.82 bits per heavy atom. The van der Waals surface area contributed by atoms with Gasteiger partial charge in [-0.05, 0) is 30.3 Å². The molecule has 0 fully saturated rings. The highest BCUT2D eigenvalue weighted by Crippen LogP contribution is 2.38. The van der Waals surface area contributed by atoms with E-state index >= 15 is 0 Å². The highest BCUT2D eigenvalue weighted by molar-refractivity contribution is 7.26. The standard InChI is InChI=1S/C17H10Cl2N2S/c18-10-5-6-13(12(19)9-10)21-14-7-8-20-16-11-3-1-2-4-15(11)22-17(14)16/h1-9H,(H,20,21). The third kappa shape index (κ3) is 2.31. The van der Waals surface area contributed by atoms with Crippen molar-refractivity contribution in [3.63, 3.8) is 0 Å².